The SMILES string of the molecule is COC(C)C(=O)N[C@@H]1c2ccccc2C[C@@H]1O. The standard InChI is InChI=1S/C13H17NO3/c1-8(17-2)13(16)14-12-10-6-4-3-5-9(10)7-11(12)15/h3-6,8,11-12,15H,7H2,1-2H3,(H,14,16)/t8?,11-,12+/m0/s1. The van der Waals surface area contributed by atoms with E-state index in [1.807, 2.05) is 24.3 Å². The first-order valence-corrected chi connectivity index (χ1v) is 5.72. The van der Waals surface area contributed by atoms with Gasteiger partial charge in [-0.25, -0.2) is 0 Å². The lowest BCUT2D eigenvalue weighted by Crippen LogP contribution is -2.39. The molecule has 0 aliphatic heterocycles. The van der Waals surface area contributed by atoms with Crippen molar-refractivity contribution in [2.75, 3.05) is 7.11 Å². The normalized spacial score (nSPS) is 24.2. The Kier molecular flexibility index (Phi) is 3.45. The van der Waals surface area contributed by atoms with E-state index >= 15 is 0 Å². The first-order valence-electron chi connectivity index (χ1n) is 5.72. The van der Waals surface area contributed by atoms with Gasteiger partial charge in [0.1, 0.15) is 6.10 Å². The summed E-state index contributed by atoms with van der Waals surface area (Å²) in [5.41, 5.74) is 2.09. The Labute approximate surface area is 101 Å². The number of hydrogen-bond donors (Lipinski definition) is 2. The Morgan fingerprint density at radius 2 is 2.24 bits per heavy atom. The topological polar surface area (TPSA) is 58.6 Å². The molecule has 0 saturated heterocycles. The number of aliphatic hydroxyl groups excluding tert-OH is 1. The van der Waals surface area contributed by atoms with Gasteiger partial charge in [0, 0.05) is 13.5 Å². The number of methoxy groups -OCH3 is 1. The molecule has 0 saturated carbocycles. The lowest BCUT2D eigenvalue weighted by molar-refractivity contribution is -0.131. The van der Waals surface area contributed by atoms with Crippen LogP contribution in [0.2, 0.25) is 0 Å². The van der Waals surface area contributed by atoms with Crippen molar-refractivity contribution in [1.82, 2.24) is 5.32 Å². The van der Waals surface area contributed by atoms with Crippen LogP contribution < -0.4 is 5.32 Å². The number of hydrogen-bond acceptors (Lipinski definition) is 3. The minimum Gasteiger partial charge on any atom is -0.390 e. The summed E-state index contributed by atoms with van der Waals surface area (Å²) in [6.07, 6.45) is -0.474. The van der Waals surface area contributed by atoms with Gasteiger partial charge in [-0.3, -0.25) is 4.79 Å². The first-order chi connectivity index (χ1) is 8.13. The monoisotopic (exact) mass is 235 g/mol. The molecule has 17 heavy (non-hydrogen) atoms. The zero-order valence-corrected chi connectivity index (χ0v) is 10.0. The van der Waals surface area contributed by atoms with Gasteiger partial charge >= 0.3 is 0 Å². The molecule has 1 amide bonds. The molecule has 0 aromatic heterocycles. The third-order valence-corrected chi connectivity index (χ3v) is 3.22. The van der Waals surface area contributed by atoms with Crippen LogP contribution in [0.15, 0.2) is 24.3 Å². The molecule has 1 aromatic carbocycles. The lowest BCUT2D eigenvalue weighted by Gasteiger charge is -2.20. The maximum absolute atomic E-state index is 11.7. The van der Waals surface area contributed by atoms with E-state index in [4.69, 9.17) is 4.74 Å². The molecule has 0 fully saturated rings. The molecule has 2 N–H and O–H groups in total. The summed E-state index contributed by atoms with van der Waals surface area (Å²) in [6, 6.07) is 7.44. The van der Waals surface area contributed by atoms with Gasteiger partial charge in [-0.1, -0.05) is 24.3 Å². The van der Waals surface area contributed by atoms with Crippen molar-refractivity contribution >= 4 is 5.91 Å². The predicted molar refractivity (Wildman–Crippen MR) is 63.5 cm³/mol. The number of aliphatic hydroxyl groups is 1. The van der Waals surface area contributed by atoms with E-state index in [0.717, 1.165) is 11.1 Å². The first kappa shape index (κ1) is 12.1. The fourth-order valence-electron chi connectivity index (χ4n) is 2.13. The van der Waals surface area contributed by atoms with Crippen molar-refractivity contribution < 1.29 is 14.6 Å². The highest BCUT2D eigenvalue weighted by atomic mass is 16.5. The Balaban J connectivity index is 2.14. The second-order valence-corrected chi connectivity index (χ2v) is 4.33. The Morgan fingerprint density at radius 3 is 2.94 bits per heavy atom. The van der Waals surface area contributed by atoms with E-state index in [0.29, 0.717) is 6.42 Å². The van der Waals surface area contributed by atoms with Crippen LogP contribution in [0, 0.1) is 0 Å². The van der Waals surface area contributed by atoms with E-state index in [2.05, 4.69) is 5.32 Å². The predicted octanol–water partition coefficient (Wildman–Crippen LogP) is 0.796. The molecule has 3 atom stereocenters. The lowest BCUT2D eigenvalue weighted by atomic mass is 10.1. The third-order valence-electron chi connectivity index (χ3n) is 3.22. The molecule has 0 heterocycles. The van der Waals surface area contributed by atoms with Crippen LogP contribution in [-0.4, -0.2) is 30.3 Å². The largest absolute Gasteiger partial charge is 0.390 e. The Bertz CT molecular complexity index is 419. The smallest absolute Gasteiger partial charge is 0.249 e. The molecular weight excluding hydrogens is 218 g/mol. The van der Waals surface area contributed by atoms with Crippen molar-refractivity contribution in [1.29, 1.82) is 0 Å². The number of carbonyl (C=O) groups is 1. The zero-order valence-electron chi connectivity index (χ0n) is 10.0. The Morgan fingerprint density at radius 1 is 1.53 bits per heavy atom. The quantitative estimate of drug-likeness (QED) is 0.814. The van der Waals surface area contributed by atoms with E-state index in [1.54, 1.807) is 6.92 Å². The van der Waals surface area contributed by atoms with E-state index < -0.39 is 12.2 Å². The van der Waals surface area contributed by atoms with Gasteiger partial charge in [0.25, 0.3) is 0 Å². The molecule has 1 aliphatic rings. The molecule has 0 bridgehead atoms. The van der Waals surface area contributed by atoms with Gasteiger partial charge in [0.05, 0.1) is 12.1 Å². The summed E-state index contributed by atoms with van der Waals surface area (Å²) in [5.74, 6) is -0.201. The molecule has 1 aliphatic carbocycles. The summed E-state index contributed by atoms with van der Waals surface area (Å²) >= 11 is 0. The summed E-state index contributed by atoms with van der Waals surface area (Å²) in [4.78, 5) is 11.7. The third kappa shape index (κ3) is 2.33. The molecule has 1 aromatic rings. The van der Waals surface area contributed by atoms with E-state index in [-0.39, 0.29) is 11.9 Å². The van der Waals surface area contributed by atoms with Crippen LogP contribution >= 0.6 is 0 Å². The van der Waals surface area contributed by atoms with Crippen molar-refractivity contribution in [3.05, 3.63) is 35.4 Å². The second-order valence-electron chi connectivity index (χ2n) is 4.33. The average molecular weight is 235 g/mol. The molecule has 4 heteroatoms. The number of carbonyl (C=O) groups excluding carboxylic acids is 1. The summed E-state index contributed by atoms with van der Waals surface area (Å²) in [7, 11) is 1.49. The van der Waals surface area contributed by atoms with Gasteiger partial charge < -0.3 is 15.2 Å². The molecular formula is C13H17NO3. The van der Waals surface area contributed by atoms with Crippen LogP contribution in [0.4, 0.5) is 0 Å². The highest BCUT2D eigenvalue weighted by molar-refractivity contribution is 5.81. The van der Waals surface area contributed by atoms with Gasteiger partial charge in [-0.05, 0) is 18.1 Å². The number of benzene rings is 1. The van der Waals surface area contributed by atoms with Crippen LogP contribution in [0.3, 0.4) is 0 Å². The fourth-order valence-corrected chi connectivity index (χ4v) is 2.13. The van der Waals surface area contributed by atoms with Gasteiger partial charge in [-0.15, -0.1) is 0 Å². The van der Waals surface area contributed by atoms with Crippen molar-refractivity contribution in [3.63, 3.8) is 0 Å². The highest BCUT2D eigenvalue weighted by Gasteiger charge is 2.32. The van der Waals surface area contributed by atoms with Crippen LogP contribution in [0.5, 0.6) is 0 Å². The number of ether oxygens (including phenoxy) is 1. The van der Waals surface area contributed by atoms with Gasteiger partial charge in [0.2, 0.25) is 5.91 Å². The van der Waals surface area contributed by atoms with Crippen molar-refractivity contribution in [2.45, 2.75) is 31.6 Å². The minimum absolute atomic E-state index is 0.201. The molecule has 4 nitrogen and oxygen atoms in total. The van der Waals surface area contributed by atoms with E-state index in [9.17, 15) is 9.90 Å². The average Bonchev–Trinajstić information content (AvgIpc) is 2.65. The maximum atomic E-state index is 11.7. The van der Waals surface area contributed by atoms with Crippen molar-refractivity contribution in [2.24, 2.45) is 0 Å². The number of amides is 1. The summed E-state index contributed by atoms with van der Waals surface area (Å²) in [6.45, 7) is 1.68. The highest BCUT2D eigenvalue weighted by Crippen LogP contribution is 2.31. The molecule has 1 unspecified atom stereocenters. The van der Waals surface area contributed by atoms with E-state index in [1.165, 1.54) is 7.11 Å². The number of fused-ring (bicyclic) bond motifs is 1. The van der Waals surface area contributed by atoms with Crippen LogP contribution in [0.1, 0.15) is 24.1 Å². The molecule has 2 rings (SSSR count). The molecule has 92 valence electrons. The second kappa shape index (κ2) is 4.85. The molecule has 0 radical (unpaired) electrons. The summed E-state index contributed by atoms with van der Waals surface area (Å²) < 4.78 is 4.95. The Hall–Kier alpha value is -1.39. The maximum Gasteiger partial charge on any atom is 0.249 e. The zero-order chi connectivity index (χ0) is 12.4. The fraction of sp³-hybridized carbons (Fsp3) is 0.462. The van der Waals surface area contributed by atoms with Crippen LogP contribution in [-0.2, 0) is 16.0 Å². The number of nitrogens with one attached hydrogen (secondary N) is 1. The minimum atomic E-state index is -0.555. The van der Waals surface area contributed by atoms with Gasteiger partial charge in [0.15, 0.2) is 0 Å². The number of rotatable bonds is 3. The van der Waals surface area contributed by atoms with Gasteiger partial charge in [-0.2, -0.15) is 0 Å². The molecule has 0 spiro atoms. The van der Waals surface area contributed by atoms with Crippen molar-refractivity contribution in [3.8, 4) is 0 Å². The van der Waals surface area contributed by atoms with Crippen LogP contribution in [0.25, 0.3) is 0 Å². The summed E-state index contributed by atoms with van der Waals surface area (Å²) in [5, 5.41) is 12.8.